The smallest absolute Gasteiger partial charge is 0.534 e. The number of rotatable bonds is 11. The summed E-state index contributed by atoms with van der Waals surface area (Å²) in [5.41, 5.74) is -1.25. The number of carbonyl (C=O) groups excluding carboxylic acids is 4. The van der Waals surface area contributed by atoms with Crippen molar-refractivity contribution >= 4 is 58.6 Å². The molecule has 7 N–H and O–H groups in total. The number of nitrogens with one attached hydrogen (secondary N) is 3. The number of carbonyl (C=O) groups is 5. The summed E-state index contributed by atoms with van der Waals surface area (Å²) in [5.74, 6) is -11.2. The van der Waals surface area contributed by atoms with Crippen molar-refractivity contribution in [3.05, 3.63) is 81.6 Å². The molecule has 1 unspecified atom stereocenters. The second kappa shape index (κ2) is 15.5. The largest absolute Gasteiger partial charge is 0.547 e. The molecule has 1 saturated heterocycles. The molecule has 2 atom stereocenters. The predicted octanol–water partition coefficient (Wildman–Crippen LogP) is 0.900. The maximum absolute atomic E-state index is 14.6. The van der Waals surface area contributed by atoms with Crippen molar-refractivity contribution in [2.75, 3.05) is 25.4 Å². The molecule has 1 fully saturated rings. The maximum Gasteiger partial charge on any atom is 0.547 e. The van der Waals surface area contributed by atoms with Gasteiger partial charge in [0.2, 0.25) is 15.9 Å². The van der Waals surface area contributed by atoms with E-state index in [4.69, 9.17) is 16.3 Å². The number of aromatic nitrogens is 1. The van der Waals surface area contributed by atoms with Gasteiger partial charge in [-0.1, -0.05) is 17.7 Å². The highest BCUT2D eigenvalue weighted by Gasteiger charge is 2.43. The summed E-state index contributed by atoms with van der Waals surface area (Å²) in [4.78, 5) is 68.3. The van der Waals surface area contributed by atoms with Gasteiger partial charge in [-0.3, -0.25) is 14.6 Å². The number of amides is 6. The Kier molecular flexibility index (Phi) is 11.2. The first kappa shape index (κ1) is 38.5. The molecule has 5 rings (SSSR count). The Morgan fingerprint density at radius 2 is 1.85 bits per heavy atom. The minimum absolute atomic E-state index is 0.0474. The first-order chi connectivity index (χ1) is 25.0. The number of phenolic OH excluding ortho intramolecular Hbond substituents is 2. The Balaban J connectivity index is 1.31. The normalized spacial score (nSPS) is 16.0. The number of carboxylic acids is 1. The van der Waals surface area contributed by atoms with Gasteiger partial charge in [-0.25, -0.2) is 40.8 Å². The van der Waals surface area contributed by atoms with Gasteiger partial charge < -0.3 is 40.9 Å². The average molecular weight is 781 g/mol. The van der Waals surface area contributed by atoms with E-state index in [2.05, 4.69) is 20.9 Å². The number of urea groups is 2. The molecule has 1 aromatic heterocycles. The number of nitrogens with zero attached hydrogens (tertiary/aromatic N) is 3. The van der Waals surface area contributed by atoms with Gasteiger partial charge in [-0.05, 0) is 42.7 Å². The molecule has 0 radical (unpaired) electrons. The lowest BCUT2D eigenvalue weighted by Crippen LogP contribution is -2.56. The van der Waals surface area contributed by atoms with Crippen LogP contribution in [-0.4, -0.2) is 111 Å². The number of sulfonamides is 1. The first-order valence-corrected chi connectivity index (χ1v) is 17.4. The van der Waals surface area contributed by atoms with Crippen LogP contribution in [0.25, 0.3) is 0 Å². The highest BCUT2D eigenvalue weighted by atomic mass is 35.5. The van der Waals surface area contributed by atoms with E-state index >= 15 is 0 Å². The van der Waals surface area contributed by atoms with Crippen molar-refractivity contribution in [1.29, 1.82) is 0 Å². The number of halogens is 3. The SMILES string of the molecule is O=C(NCCCS(=O)(=O)N1CCN(C(=O)NC(C(=O)N[C@H]2Cc3ccc(F)c(C(=O)O)c3OB2O)c2cc(F)c(O)c(O)c2Cl)C1=O)c1cccnc1. The zero-order valence-electron chi connectivity index (χ0n) is 27.0. The van der Waals surface area contributed by atoms with Gasteiger partial charge in [-0.2, -0.15) is 0 Å². The third-order valence-corrected chi connectivity index (χ3v) is 10.3. The minimum atomic E-state index is -4.33. The molecule has 0 saturated carbocycles. The molecule has 0 aliphatic carbocycles. The van der Waals surface area contributed by atoms with E-state index in [1.165, 1.54) is 24.5 Å². The standard InChI is InChI=1S/C30H28BClF2N6O12S/c32-21-16(12-18(34)23(41)24(21)42)22(27(44)37-19-11-14-4-5-17(33)20(28(45)46)25(14)52-31(19)49)38-29(47)39-8-9-40(30(39)48)53(50,51)10-2-7-36-26(43)15-3-1-6-35-13-15/h1,3-6,12-13,19,22,41-42,49H,2,7-11H2,(H,36,43)(H,37,44)(H,38,47)(H,45,46)/t19-,22?/m0/s1. The summed E-state index contributed by atoms with van der Waals surface area (Å²) in [7, 11) is -6.33. The molecule has 280 valence electrons. The maximum atomic E-state index is 14.6. The number of aromatic hydroxyl groups is 2. The summed E-state index contributed by atoms with van der Waals surface area (Å²) >= 11 is 6.11. The van der Waals surface area contributed by atoms with Crippen LogP contribution >= 0.6 is 11.6 Å². The zero-order valence-corrected chi connectivity index (χ0v) is 28.5. The fourth-order valence-corrected chi connectivity index (χ4v) is 7.15. The lowest BCUT2D eigenvalue weighted by Gasteiger charge is -2.31. The van der Waals surface area contributed by atoms with Crippen LogP contribution in [0, 0.1) is 11.6 Å². The van der Waals surface area contributed by atoms with E-state index < -0.39 is 123 Å². The lowest BCUT2D eigenvalue weighted by molar-refractivity contribution is -0.123. The van der Waals surface area contributed by atoms with Crippen molar-refractivity contribution in [2.24, 2.45) is 0 Å². The first-order valence-electron chi connectivity index (χ1n) is 15.4. The van der Waals surface area contributed by atoms with E-state index in [0.29, 0.717) is 15.3 Å². The molecule has 18 nitrogen and oxygen atoms in total. The van der Waals surface area contributed by atoms with Gasteiger partial charge in [-0.15, -0.1) is 0 Å². The van der Waals surface area contributed by atoms with E-state index in [1.54, 1.807) is 0 Å². The average Bonchev–Trinajstić information content (AvgIpc) is 3.52. The van der Waals surface area contributed by atoms with Gasteiger partial charge in [0.1, 0.15) is 23.2 Å². The molecular weight excluding hydrogens is 753 g/mol. The number of hydrogen-bond acceptors (Lipinski definition) is 12. The predicted molar refractivity (Wildman–Crippen MR) is 177 cm³/mol. The highest BCUT2D eigenvalue weighted by Crippen LogP contribution is 2.41. The molecule has 6 amide bonds. The van der Waals surface area contributed by atoms with Gasteiger partial charge in [0.05, 0.1) is 35.4 Å². The lowest BCUT2D eigenvalue weighted by atomic mass is 9.72. The number of phenols is 2. The summed E-state index contributed by atoms with van der Waals surface area (Å²) in [6.45, 7) is -1.09. The van der Waals surface area contributed by atoms with E-state index in [9.17, 15) is 61.5 Å². The Hall–Kier alpha value is -5.74. The van der Waals surface area contributed by atoms with Crippen LogP contribution in [0.4, 0.5) is 18.4 Å². The number of aromatic carboxylic acids is 1. The number of hydrogen-bond donors (Lipinski definition) is 7. The molecular formula is C30H28BClF2N6O12S. The minimum Gasteiger partial charge on any atom is -0.534 e. The summed E-state index contributed by atoms with van der Waals surface area (Å²) in [6.07, 6.45) is 2.31. The summed E-state index contributed by atoms with van der Waals surface area (Å²) in [6, 6.07) is 0.689. The Labute approximate surface area is 303 Å². The van der Waals surface area contributed by atoms with Crippen molar-refractivity contribution in [2.45, 2.75) is 24.8 Å². The summed E-state index contributed by atoms with van der Waals surface area (Å²) in [5, 5.41) is 46.1. The van der Waals surface area contributed by atoms with Crippen LogP contribution in [0.15, 0.2) is 42.7 Å². The van der Waals surface area contributed by atoms with Crippen LogP contribution in [0.2, 0.25) is 5.02 Å². The quantitative estimate of drug-likeness (QED) is 0.0811. The zero-order chi connectivity index (χ0) is 38.8. The summed E-state index contributed by atoms with van der Waals surface area (Å²) < 4.78 is 60.4. The number of fused-ring (bicyclic) bond motifs is 1. The van der Waals surface area contributed by atoms with Crippen LogP contribution in [0.3, 0.4) is 0 Å². The number of benzene rings is 2. The van der Waals surface area contributed by atoms with Crippen molar-refractivity contribution in [1.82, 2.24) is 30.1 Å². The molecule has 2 aliphatic rings. The molecule has 2 aromatic carbocycles. The highest BCUT2D eigenvalue weighted by molar-refractivity contribution is 7.89. The second-order valence-electron chi connectivity index (χ2n) is 11.6. The van der Waals surface area contributed by atoms with Crippen LogP contribution in [-0.2, 0) is 21.2 Å². The fourth-order valence-electron chi connectivity index (χ4n) is 5.47. The Morgan fingerprint density at radius 1 is 1.11 bits per heavy atom. The van der Waals surface area contributed by atoms with Crippen LogP contribution < -0.4 is 20.6 Å². The van der Waals surface area contributed by atoms with Gasteiger partial charge in [0, 0.05) is 24.5 Å². The van der Waals surface area contributed by atoms with Gasteiger partial charge in [0.15, 0.2) is 17.3 Å². The van der Waals surface area contributed by atoms with E-state index in [-0.39, 0.29) is 30.5 Å². The third kappa shape index (κ3) is 8.03. The Bertz CT molecular complexity index is 2100. The van der Waals surface area contributed by atoms with Crippen molar-refractivity contribution in [3.8, 4) is 17.2 Å². The molecule has 0 bridgehead atoms. The van der Waals surface area contributed by atoms with Gasteiger partial charge >= 0.3 is 25.1 Å². The van der Waals surface area contributed by atoms with E-state index in [1.807, 2.05) is 0 Å². The third-order valence-electron chi connectivity index (χ3n) is 8.13. The number of carboxylic acid groups (broad SMARTS) is 1. The molecule has 23 heteroatoms. The molecule has 2 aliphatic heterocycles. The molecule has 53 heavy (non-hydrogen) atoms. The monoisotopic (exact) mass is 780 g/mol. The molecule has 3 aromatic rings. The van der Waals surface area contributed by atoms with Crippen LogP contribution in [0.5, 0.6) is 17.2 Å². The fraction of sp³-hybridized carbons (Fsp3) is 0.267. The Morgan fingerprint density at radius 3 is 2.53 bits per heavy atom. The number of pyridine rings is 1. The number of imide groups is 1. The van der Waals surface area contributed by atoms with Crippen molar-refractivity contribution < 1.29 is 66.2 Å². The second-order valence-corrected chi connectivity index (χ2v) is 13.9. The van der Waals surface area contributed by atoms with E-state index in [0.717, 1.165) is 12.1 Å². The topological polar surface area (TPSA) is 265 Å². The van der Waals surface area contributed by atoms with Crippen LogP contribution in [0.1, 0.15) is 44.3 Å². The molecule has 0 spiro atoms. The van der Waals surface area contributed by atoms with Gasteiger partial charge in [0.25, 0.3) is 5.91 Å². The molecule has 3 heterocycles. The van der Waals surface area contributed by atoms with Crippen molar-refractivity contribution in [3.63, 3.8) is 0 Å².